The summed E-state index contributed by atoms with van der Waals surface area (Å²) in [7, 11) is 0. The molecule has 1 aromatic heterocycles. The van der Waals surface area contributed by atoms with Gasteiger partial charge in [0.05, 0.1) is 22.9 Å². The van der Waals surface area contributed by atoms with E-state index in [0.717, 1.165) is 21.5 Å². The van der Waals surface area contributed by atoms with Crippen molar-refractivity contribution in [3.63, 3.8) is 0 Å². The number of benzene rings is 2. The number of aromatic nitrogens is 1. The van der Waals surface area contributed by atoms with Gasteiger partial charge in [0.1, 0.15) is 5.75 Å². The zero-order valence-electron chi connectivity index (χ0n) is 15.3. The number of carbonyl (C=O) groups excluding carboxylic acids is 1. The van der Waals surface area contributed by atoms with Crippen LogP contribution in [0.25, 0.3) is 10.2 Å². The standard InChI is InChI=1S/C21H19ClN2O2S/c1-5-12-24-19-14(4)17(22)10-11-18(19)27-21(24)23-20(25)15-6-8-16(9-7-15)26-13(2)3/h1,6-11,13H,12H2,2-4H3. The Hall–Kier alpha value is -2.55. The van der Waals surface area contributed by atoms with E-state index in [1.54, 1.807) is 24.3 Å². The molecule has 2 aromatic carbocycles. The molecule has 6 heteroatoms. The third-order valence-corrected chi connectivity index (χ3v) is 5.40. The van der Waals surface area contributed by atoms with Crippen LogP contribution in [0.3, 0.4) is 0 Å². The maximum atomic E-state index is 12.6. The van der Waals surface area contributed by atoms with E-state index in [0.29, 0.717) is 21.9 Å². The van der Waals surface area contributed by atoms with Crippen molar-refractivity contribution in [3.8, 4) is 18.1 Å². The van der Waals surface area contributed by atoms with Gasteiger partial charge in [-0.1, -0.05) is 28.9 Å². The second-order valence-electron chi connectivity index (χ2n) is 6.30. The van der Waals surface area contributed by atoms with Crippen LogP contribution >= 0.6 is 22.9 Å². The zero-order chi connectivity index (χ0) is 19.6. The average molecular weight is 399 g/mol. The van der Waals surface area contributed by atoms with Crippen LogP contribution in [-0.4, -0.2) is 16.6 Å². The lowest BCUT2D eigenvalue weighted by atomic mass is 10.2. The molecule has 0 fully saturated rings. The molecule has 0 radical (unpaired) electrons. The van der Waals surface area contributed by atoms with Crippen molar-refractivity contribution in [2.75, 3.05) is 0 Å². The first-order valence-corrected chi connectivity index (χ1v) is 9.68. The van der Waals surface area contributed by atoms with Crippen LogP contribution in [0.5, 0.6) is 5.75 Å². The molecule has 138 valence electrons. The second kappa shape index (κ2) is 7.99. The minimum atomic E-state index is -0.327. The number of aryl methyl sites for hydroxylation is 1. The van der Waals surface area contributed by atoms with Crippen LogP contribution in [0.1, 0.15) is 29.8 Å². The Kier molecular flexibility index (Phi) is 5.69. The molecule has 0 aliphatic rings. The van der Waals surface area contributed by atoms with E-state index >= 15 is 0 Å². The summed E-state index contributed by atoms with van der Waals surface area (Å²) in [5.74, 6) is 3.02. The molecule has 0 atom stereocenters. The fraction of sp³-hybridized carbons (Fsp3) is 0.238. The molecule has 0 N–H and O–H groups in total. The van der Waals surface area contributed by atoms with Crippen molar-refractivity contribution in [2.24, 2.45) is 4.99 Å². The van der Waals surface area contributed by atoms with Gasteiger partial charge in [0.2, 0.25) is 0 Å². The van der Waals surface area contributed by atoms with Crippen LogP contribution in [0.15, 0.2) is 41.4 Å². The molecule has 27 heavy (non-hydrogen) atoms. The number of ether oxygens (including phenoxy) is 1. The molecule has 4 nitrogen and oxygen atoms in total. The summed E-state index contributed by atoms with van der Waals surface area (Å²) in [5, 5.41) is 0.657. The highest BCUT2D eigenvalue weighted by atomic mass is 35.5. The molecule has 0 unspecified atom stereocenters. The van der Waals surface area contributed by atoms with Crippen molar-refractivity contribution < 1.29 is 9.53 Å². The van der Waals surface area contributed by atoms with E-state index in [4.69, 9.17) is 22.8 Å². The van der Waals surface area contributed by atoms with Gasteiger partial charge in [-0.15, -0.1) is 6.42 Å². The topological polar surface area (TPSA) is 43.6 Å². The zero-order valence-corrected chi connectivity index (χ0v) is 16.9. The molecule has 3 aromatic rings. The number of hydrogen-bond acceptors (Lipinski definition) is 3. The van der Waals surface area contributed by atoms with E-state index in [1.807, 2.05) is 37.5 Å². The van der Waals surface area contributed by atoms with Gasteiger partial charge in [-0.05, 0) is 62.7 Å². The summed E-state index contributed by atoms with van der Waals surface area (Å²) >= 11 is 7.67. The normalized spacial score (nSPS) is 11.8. The Morgan fingerprint density at radius 1 is 1.30 bits per heavy atom. The van der Waals surface area contributed by atoms with Gasteiger partial charge in [-0.3, -0.25) is 4.79 Å². The lowest BCUT2D eigenvalue weighted by Crippen LogP contribution is -2.17. The third-order valence-electron chi connectivity index (χ3n) is 3.95. The van der Waals surface area contributed by atoms with Crippen molar-refractivity contribution in [2.45, 2.75) is 33.4 Å². The molecule has 1 heterocycles. The molecule has 3 rings (SSSR count). The Morgan fingerprint density at radius 3 is 2.63 bits per heavy atom. The predicted molar refractivity (Wildman–Crippen MR) is 110 cm³/mol. The highest BCUT2D eigenvalue weighted by Gasteiger charge is 2.12. The maximum Gasteiger partial charge on any atom is 0.279 e. The molecule has 0 saturated heterocycles. The summed E-state index contributed by atoms with van der Waals surface area (Å²) in [6.07, 6.45) is 5.60. The van der Waals surface area contributed by atoms with Crippen molar-refractivity contribution >= 4 is 39.1 Å². The quantitative estimate of drug-likeness (QED) is 0.591. The van der Waals surface area contributed by atoms with Crippen molar-refractivity contribution in [1.29, 1.82) is 0 Å². The smallest absolute Gasteiger partial charge is 0.279 e. The van der Waals surface area contributed by atoms with Gasteiger partial charge in [0, 0.05) is 10.6 Å². The molecule has 0 spiro atoms. The van der Waals surface area contributed by atoms with Gasteiger partial charge in [-0.2, -0.15) is 4.99 Å². The number of terminal acetylenes is 1. The van der Waals surface area contributed by atoms with Gasteiger partial charge in [-0.25, -0.2) is 0 Å². The molecular formula is C21H19ClN2O2S. The number of carbonyl (C=O) groups is 1. The lowest BCUT2D eigenvalue weighted by molar-refractivity contribution is 0.0998. The highest BCUT2D eigenvalue weighted by Crippen LogP contribution is 2.27. The first-order chi connectivity index (χ1) is 12.9. The maximum absolute atomic E-state index is 12.6. The van der Waals surface area contributed by atoms with Crippen LogP contribution in [0.2, 0.25) is 5.02 Å². The second-order valence-corrected chi connectivity index (χ2v) is 7.72. The SMILES string of the molecule is C#CCn1c(=NC(=O)c2ccc(OC(C)C)cc2)sc2ccc(Cl)c(C)c21. The van der Waals surface area contributed by atoms with Crippen LogP contribution in [0, 0.1) is 19.3 Å². The first-order valence-electron chi connectivity index (χ1n) is 8.48. The van der Waals surface area contributed by atoms with E-state index in [9.17, 15) is 4.79 Å². The lowest BCUT2D eigenvalue weighted by Gasteiger charge is -2.09. The Bertz CT molecular complexity index is 1100. The molecule has 0 aliphatic carbocycles. The van der Waals surface area contributed by atoms with Gasteiger partial charge in [0.25, 0.3) is 5.91 Å². The van der Waals surface area contributed by atoms with E-state index < -0.39 is 0 Å². The van der Waals surface area contributed by atoms with Gasteiger partial charge >= 0.3 is 0 Å². The fourth-order valence-corrected chi connectivity index (χ4v) is 3.98. The summed E-state index contributed by atoms with van der Waals surface area (Å²) in [6, 6.07) is 10.7. The Balaban J connectivity index is 2.05. The molecule has 0 bridgehead atoms. The number of amides is 1. The highest BCUT2D eigenvalue weighted by molar-refractivity contribution is 7.16. The van der Waals surface area contributed by atoms with Crippen LogP contribution in [0.4, 0.5) is 0 Å². The van der Waals surface area contributed by atoms with Crippen molar-refractivity contribution in [1.82, 2.24) is 4.57 Å². The number of thiazole rings is 1. The number of halogens is 1. The largest absolute Gasteiger partial charge is 0.491 e. The van der Waals surface area contributed by atoms with E-state index in [2.05, 4.69) is 10.9 Å². The number of fused-ring (bicyclic) bond motifs is 1. The Morgan fingerprint density at radius 2 is 2.00 bits per heavy atom. The number of hydrogen-bond donors (Lipinski definition) is 0. The minimum Gasteiger partial charge on any atom is -0.491 e. The van der Waals surface area contributed by atoms with Crippen molar-refractivity contribution in [3.05, 3.63) is 57.3 Å². The van der Waals surface area contributed by atoms with Crippen LogP contribution in [-0.2, 0) is 6.54 Å². The van der Waals surface area contributed by atoms with E-state index in [1.165, 1.54) is 11.3 Å². The number of rotatable bonds is 4. The van der Waals surface area contributed by atoms with Crippen LogP contribution < -0.4 is 9.54 Å². The average Bonchev–Trinajstić information content (AvgIpc) is 2.96. The summed E-state index contributed by atoms with van der Waals surface area (Å²) in [4.78, 5) is 17.5. The monoisotopic (exact) mass is 398 g/mol. The summed E-state index contributed by atoms with van der Waals surface area (Å²) in [5.41, 5.74) is 2.33. The predicted octanol–water partition coefficient (Wildman–Crippen LogP) is 4.83. The summed E-state index contributed by atoms with van der Waals surface area (Å²) < 4.78 is 8.45. The summed E-state index contributed by atoms with van der Waals surface area (Å²) in [6.45, 7) is 6.15. The molecular weight excluding hydrogens is 380 g/mol. The Labute approximate surface area is 167 Å². The molecule has 0 aliphatic heterocycles. The molecule has 1 amide bonds. The number of nitrogens with zero attached hydrogens (tertiary/aromatic N) is 2. The van der Waals surface area contributed by atoms with E-state index in [-0.39, 0.29) is 12.0 Å². The fourth-order valence-electron chi connectivity index (χ4n) is 2.74. The van der Waals surface area contributed by atoms with Gasteiger partial charge < -0.3 is 9.30 Å². The third kappa shape index (κ3) is 4.08. The van der Waals surface area contributed by atoms with Gasteiger partial charge in [0.15, 0.2) is 4.80 Å². The molecule has 0 saturated carbocycles. The first kappa shape index (κ1) is 19.2. The minimum absolute atomic E-state index is 0.0765.